The summed E-state index contributed by atoms with van der Waals surface area (Å²) in [6, 6.07) is 12.6. The van der Waals surface area contributed by atoms with Gasteiger partial charge in [0, 0.05) is 10.8 Å². The summed E-state index contributed by atoms with van der Waals surface area (Å²) >= 11 is 0. The minimum atomic E-state index is -0.0919. The standard InChI is InChI=1S/C22H25NO/c1-7-21(3,4)15-9-11-17-19(13-15)24-20-14-16(22(5,6)8-2)10-12-18(20)23-17/h7-14,23H,1-2H2,3-6H3. The number of fused-ring (bicyclic) bond motifs is 2. The van der Waals surface area contributed by atoms with E-state index in [9.17, 15) is 0 Å². The summed E-state index contributed by atoms with van der Waals surface area (Å²) in [6.07, 6.45) is 3.92. The van der Waals surface area contributed by atoms with Crippen LogP contribution < -0.4 is 10.1 Å². The van der Waals surface area contributed by atoms with Gasteiger partial charge in [-0.25, -0.2) is 0 Å². The summed E-state index contributed by atoms with van der Waals surface area (Å²) in [6.45, 7) is 16.5. The van der Waals surface area contributed by atoms with E-state index in [4.69, 9.17) is 4.74 Å². The maximum absolute atomic E-state index is 6.21. The molecule has 0 radical (unpaired) electrons. The molecule has 0 saturated heterocycles. The fourth-order valence-corrected chi connectivity index (χ4v) is 2.72. The van der Waals surface area contributed by atoms with Gasteiger partial charge in [0.1, 0.15) is 0 Å². The third kappa shape index (κ3) is 2.73. The lowest BCUT2D eigenvalue weighted by molar-refractivity contribution is 0.476. The van der Waals surface area contributed by atoms with Crippen molar-refractivity contribution >= 4 is 11.4 Å². The molecule has 2 aromatic rings. The van der Waals surface area contributed by atoms with Crippen molar-refractivity contribution in [2.24, 2.45) is 0 Å². The van der Waals surface area contributed by atoms with Gasteiger partial charge >= 0.3 is 0 Å². The van der Waals surface area contributed by atoms with Gasteiger partial charge in [-0.3, -0.25) is 0 Å². The van der Waals surface area contributed by atoms with Crippen LogP contribution in [0.4, 0.5) is 11.4 Å². The lowest BCUT2D eigenvalue weighted by Gasteiger charge is -2.28. The molecule has 124 valence electrons. The number of allylic oxidation sites excluding steroid dienone is 2. The Kier molecular flexibility index (Phi) is 3.79. The smallest absolute Gasteiger partial charge is 0.151 e. The molecule has 0 saturated carbocycles. The van der Waals surface area contributed by atoms with E-state index < -0.39 is 0 Å². The van der Waals surface area contributed by atoms with Crippen LogP contribution in [0.25, 0.3) is 0 Å². The highest BCUT2D eigenvalue weighted by Gasteiger charge is 2.24. The molecule has 0 aromatic heterocycles. The lowest BCUT2D eigenvalue weighted by atomic mass is 9.84. The molecule has 1 aliphatic rings. The van der Waals surface area contributed by atoms with Crippen LogP contribution in [0.2, 0.25) is 0 Å². The molecule has 0 bridgehead atoms. The van der Waals surface area contributed by atoms with Gasteiger partial charge in [0.05, 0.1) is 11.4 Å². The van der Waals surface area contributed by atoms with Crippen LogP contribution >= 0.6 is 0 Å². The zero-order valence-electron chi connectivity index (χ0n) is 14.9. The van der Waals surface area contributed by atoms with Crippen LogP contribution in [0.5, 0.6) is 11.5 Å². The summed E-state index contributed by atoms with van der Waals surface area (Å²) in [5, 5.41) is 3.46. The normalized spacial score (nSPS) is 13.2. The number of rotatable bonds is 4. The second-order valence-corrected chi connectivity index (χ2v) is 7.50. The Balaban J connectivity index is 2.00. The maximum atomic E-state index is 6.21. The van der Waals surface area contributed by atoms with Crippen LogP contribution in [-0.4, -0.2) is 0 Å². The number of benzene rings is 2. The van der Waals surface area contributed by atoms with E-state index in [-0.39, 0.29) is 10.8 Å². The molecular weight excluding hydrogens is 294 g/mol. The van der Waals surface area contributed by atoms with Crippen molar-refractivity contribution in [2.75, 3.05) is 5.32 Å². The summed E-state index contributed by atoms with van der Waals surface area (Å²) in [5.41, 5.74) is 4.16. The van der Waals surface area contributed by atoms with Crippen molar-refractivity contribution < 1.29 is 4.74 Å². The first-order valence-corrected chi connectivity index (χ1v) is 8.28. The second kappa shape index (κ2) is 5.55. The molecule has 1 N–H and O–H groups in total. The molecule has 1 heterocycles. The van der Waals surface area contributed by atoms with Crippen molar-refractivity contribution in [3.05, 3.63) is 72.8 Å². The monoisotopic (exact) mass is 319 g/mol. The fourth-order valence-electron chi connectivity index (χ4n) is 2.72. The summed E-state index contributed by atoms with van der Waals surface area (Å²) in [7, 11) is 0. The molecule has 0 atom stereocenters. The molecule has 1 aliphatic heterocycles. The van der Waals surface area contributed by atoms with Crippen LogP contribution in [0.3, 0.4) is 0 Å². The molecular formula is C22H25NO. The zero-order valence-corrected chi connectivity index (χ0v) is 14.9. The Morgan fingerprint density at radius 2 is 1.21 bits per heavy atom. The van der Waals surface area contributed by atoms with Crippen LogP contribution in [-0.2, 0) is 10.8 Å². The van der Waals surface area contributed by atoms with Crippen molar-refractivity contribution in [1.29, 1.82) is 0 Å². The average Bonchev–Trinajstić information content (AvgIpc) is 2.58. The second-order valence-electron chi connectivity index (χ2n) is 7.50. The molecule has 2 heteroatoms. The molecule has 3 rings (SSSR count). The highest BCUT2D eigenvalue weighted by molar-refractivity contribution is 5.76. The van der Waals surface area contributed by atoms with E-state index in [1.807, 2.05) is 12.2 Å². The quantitative estimate of drug-likeness (QED) is 0.557. The average molecular weight is 319 g/mol. The largest absolute Gasteiger partial charge is 0.453 e. The maximum Gasteiger partial charge on any atom is 0.151 e. The van der Waals surface area contributed by atoms with Crippen LogP contribution in [0.15, 0.2) is 61.7 Å². The molecule has 2 aromatic carbocycles. The molecule has 0 aliphatic carbocycles. The van der Waals surface area contributed by atoms with E-state index in [1.165, 1.54) is 11.1 Å². The summed E-state index contributed by atoms with van der Waals surface area (Å²) < 4.78 is 6.21. The van der Waals surface area contributed by atoms with E-state index in [0.29, 0.717) is 0 Å². The van der Waals surface area contributed by atoms with Gasteiger partial charge in [-0.1, -0.05) is 52.0 Å². The van der Waals surface area contributed by atoms with E-state index in [1.54, 1.807) is 0 Å². The Hall–Kier alpha value is -2.48. The molecule has 0 unspecified atom stereocenters. The first kappa shape index (κ1) is 16.4. The predicted octanol–water partition coefficient (Wildman–Crippen LogP) is 6.46. The molecule has 0 spiro atoms. The van der Waals surface area contributed by atoms with Gasteiger partial charge in [-0.2, -0.15) is 0 Å². The molecule has 0 fully saturated rings. The van der Waals surface area contributed by atoms with Crippen molar-refractivity contribution in [1.82, 2.24) is 0 Å². The molecule has 24 heavy (non-hydrogen) atoms. The minimum absolute atomic E-state index is 0.0919. The van der Waals surface area contributed by atoms with Gasteiger partial charge in [-0.05, 0) is 35.4 Å². The highest BCUT2D eigenvalue weighted by atomic mass is 16.5. The Bertz CT molecular complexity index is 747. The fraction of sp³-hybridized carbons (Fsp3) is 0.273. The van der Waals surface area contributed by atoms with Crippen LogP contribution in [0.1, 0.15) is 38.8 Å². The first-order chi connectivity index (χ1) is 11.3. The van der Waals surface area contributed by atoms with E-state index >= 15 is 0 Å². The number of anilines is 2. The number of hydrogen-bond donors (Lipinski definition) is 1. The van der Waals surface area contributed by atoms with E-state index in [2.05, 4.69) is 82.6 Å². The third-order valence-corrected chi connectivity index (χ3v) is 4.96. The van der Waals surface area contributed by atoms with Crippen LogP contribution in [0, 0.1) is 0 Å². The number of nitrogens with one attached hydrogen (secondary N) is 1. The lowest BCUT2D eigenvalue weighted by Crippen LogP contribution is -2.15. The number of hydrogen-bond acceptors (Lipinski definition) is 2. The summed E-state index contributed by atoms with van der Waals surface area (Å²) in [4.78, 5) is 0. The van der Waals surface area contributed by atoms with E-state index in [0.717, 1.165) is 22.9 Å². The third-order valence-electron chi connectivity index (χ3n) is 4.96. The van der Waals surface area contributed by atoms with Gasteiger partial charge in [0.15, 0.2) is 11.5 Å². The summed E-state index contributed by atoms with van der Waals surface area (Å²) in [5.74, 6) is 1.70. The SMILES string of the molecule is C=CC(C)(C)c1ccc2c(c1)Oc1cc(C(C)(C)C=C)ccc1N2. The Morgan fingerprint density at radius 1 is 0.792 bits per heavy atom. The minimum Gasteiger partial charge on any atom is -0.453 e. The van der Waals surface area contributed by atoms with Crippen molar-refractivity contribution in [3.8, 4) is 11.5 Å². The first-order valence-electron chi connectivity index (χ1n) is 8.28. The number of ether oxygens (including phenoxy) is 1. The van der Waals surface area contributed by atoms with Gasteiger partial charge in [0.2, 0.25) is 0 Å². The highest BCUT2D eigenvalue weighted by Crippen LogP contribution is 2.45. The van der Waals surface area contributed by atoms with Crippen molar-refractivity contribution in [2.45, 2.75) is 38.5 Å². The topological polar surface area (TPSA) is 21.3 Å². The zero-order chi connectivity index (χ0) is 17.5. The van der Waals surface area contributed by atoms with Gasteiger partial charge < -0.3 is 10.1 Å². The van der Waals surface area contributed by atoms with Crippen molar-refractivity contribution in [3.63, 3.8) is 0 Å². The Morgan fingerprint density at radius 3 is 1.58 bits per heavy atom. The Labute approximate surface area is 144 Å². The van der Waals surface area contributed by atoms with Gasteiger partial charge in [0.25, 0.3) is 0 Å². The molecule has 2 nitrogen and oxygen atoms in total. The van der Waals surface area contributed by atoms with Gasteiger partial charge in [-0.15, -0.1) is 13.2 Å². The predicted molar refractivity (Wildman–Crippen MR) is 103 cm³/mol. The molecule has 0 amide bonds.